The van der Waals surface area contributed by atoms with Gasteiger partial charge in [0.15, 0.2) is 0 Å². The third kappa shape index (κ3) is 4.47. The summed E-state index contributed by atoms with van der Waals surface area (Å²) in [5, 5.41) is 12.4. The normalized spacial score (nSPS) is 10.0. The number of amides is 1. The Morgan fingerprint density at radius 2 is 2.00 bits per heavy atom. The fourth-order valence-electron chi connectivity index (χ4n) is 2.28. The van der Waals surface area contributed by atoms with E-state index in [0.29, 0.717) is 18.7 Å². The molecule has 1 N–H and O–H groups in total. The van der Waals surface area contributed by atoms with Crippen LogP contribution in [0.15, 0.2) is 18.2 Å². The van der Waals surface area contributed by atoms with Crippen molar-refractivity contribution in [2.24, 2.45) is 0 Å². The third-order valence-electron chi connectivity index (χ3n) is 3.46. The minimum atomic E-state index is 0.0747. The zero-order chi connectivity index (χ0) is 15.8. The van der Waals surface area contributed by atoms with E-state index >= 15 is 0 Å². The lowest BCUT2D eigenvalue weighted by molar-refractivity contribution is -0.129. The second-order valence-electron chi connectivity index (χ2n) is 4.92. The van der Waals surface area contributed by atoms with Crippen molar-refractivity contribution < 1.29 is 4.79 Å². The number of hydrogen-bond acceptors (Lipinski definition) is 4. The maximum Gasteiger partial charge on any atom is 0.242 e. The molecule has 0 aliphatic carbocycles. The van der Waals surface area contributed by atoms with Crippen molar-refractivity contribution in [1.29, 1.82) is 5.26 Å². The molecule has 114 valence electrons. The summed E-state index contributed by atoms with van der Waals surface area (Å²) < 4.78 is 0. The molecule has 0 saturated carbocycles. The van der Waals surface area contributed by atoms with Gasteiger partial charge in [0.1, 0.15) is 6.07 Å². The van der Waals surface area contributed by atoms with E-state index in [1.54, 1.807) is 4.90 Å². The molecule has 5 nitrogen and oxygen atoms in total. The van der Waals surface area contributed by atoms with E-state index in [9.17, 15) is 10.1 Å². The number of nitrogens with zero attached hydrogens (tertiary/aromatic N) is 3. The Bertz CT molecular complexity index is 517. The van der Waals surface area contributed by atoms with Crippen LogP contribution in [0, 0.1) is 11.3 Å². The second-order valence-corrected chi connectivity index (χ2v) is 4.92. The molecule has 0 fully saturated rings. The predicted octanol–water partition coefficient (Wildman–Crippen LogP) is 1.58. The molecule has 21 heavy (non-hydrogen) atoms. The van der Waals surface area contributed by atoms with Crippen LogP contribution < -0.4 is 10.2 Å². The topological polar surface area (TPSA) is 59.4 Å². The largest absolute Gasteiger partial charge is 0.364 e. The Balaban J connectivity index is 2.89. The Morgan fingerprint density at radius 3 is 2.52 bits per heavy atom. The first-order valence-corrected chi connectivity index (χ1v) is 7.23. The van der Waals surface area contributed by atoms with Crippen molar-refractivity contribution in [2.75, 3.05) is 38.6 Å². The maximum atomic E-state index is 12.1. The summed E-state index contributed by atoms with van der Waals surface area (Å²) in [7, 11) is 3.71. The van der Waals surface area contributed by atoms with E-state index in [0.717, 1.165) is 17.8 Å². The van der Waals surface area contributed by atoms with Crippen molar-refractivity contribution >= 4 is 11.6 Å². The minimum absolute atomic E-state index is 0.0747. The van der Waals surface area contributed by atoms with Crippen molar-refractivity contribution in [1.82, 2.24) is 10.2 Å². The molecule has 0 spiro atoms. The lowest BCUT2D eigenvalue weighted by Gasteiger charge is -2.25. The summed E-state index contributed by atoms with van der Waals surface area (Å²) in [6.07, 6.45) is 0. The molecule has 0 aliphatic heterocycles. The number of rotatable bonds is 7. The van der Waals surface area contributed by atoms with E-state index in [1.807, 2.05) is 51.0 Å². The molecular weight excluding hydrogens is 264 g/mol. The average Bonchev–Trinajstić information content (AvgIpc) is 2.48. The molecular formula is C16H24N4O. The van der Waals surface area contributed by atoms with Crippen LogP contribution in [0.1, 0.15) is 25.0 Å². The number of benzene rings is 1. The molecule has 0 heterocycles. The fourth-order valence-corrected chi connectivity index (χ4v) is 2.28. The lowest BCUT2D eigenvalue weighted by atomic mass is 10.1. The monoisotopic (exact) mass is 288 g/mol. The van der Waals surface area contributed by atoms with Gasteiger partial charge in [-0.05, 0) is 38.6 Å². The van der Waals surface area contributed by atoms with E-state index < -0.39 is 0 Å². The molecule has 1 aromatic carbocycles. The molecule has 5 heteroatoms. The second kappa shape index (κ2) is 8.28. The van der Waals surface area contributed by atoms with Crippen LogP contribution in [0.4, 0.5) is 5.69 Å². The van der Waals surface area contributed by atoms with Gasteiger partial charge in [-0.25, -0.2) is 0 Å². The van der Waals surface area contributed by atoms with Gasteiger partial charge in [-0.1, -0.05) is 6.07 Å². The van der Waals surface area contributed by atoms with Crippen molar-refractivity contribution in [2.45, 2.75) is 20.4 Å². The van der Waals surface area contributed by atoms with Gasteiger partial charge in [-0.2, -0.15) is 5.26 Å². The van der Waals surface area contributed by atoms with Crippen LogP contribution in [0.3, 0.4) is 0 Å². The van der Waals surface area contributed by atoms with Crippen LogP contribution in [0.5, 0.6) is 0 Å². The number of nitriles is 1. The van der Waals surface area contributed by atoms with Gasteiger partial charge >= 0.3 is 0 Å². The fraction of sp³-hybridized carbons (Fsp3) is 0.500. The van der Waals surface area contributed by atoms with Crippen molar-refractivity contribution in [3.8, 4) is 6.07 Å². The third-order valence-corrected chi connectivity index (χ3v) is 3.46. The molecule has 0 saturated heterocycles. The van der Waals surface area contributed by atoms with Gasteiger partial charge in [-0.15, -0.1) is 0 Å². The van der Waals surface area contributed by atoms with Crippen LogP contribution in [0.25, 0.3) is 0 Å². The molecule has 1 aromatic rings. The van der Waals surface area contributed by atoms with Crippen LogP contribution in [-0.2, 0) is 11.3 Å². The SMILES string of the molecule is CCN(CC)C(=O)CN(C)c1ccc(CNC)cc1C#N. The molecule has 0 bridgehead atoms. The number of anilines is 1. The number of likely N-dealkylation sites (N-methyl/N-ethyl adjacent to an activating group) is 2. The standard InChI is InChI=1S/C16H24N4O/c1-5-20(6-2)16(21)12-19(4)15-8-7-13(11-18-3)9-14(15)10-17/h7-9,18H,5-6,11-12H2,1-4H3. The highest BCUT2D eigenvalue weighted by atomic mass is 16.2. The zero-order valence-electron chi connectivity index (χ0n) is 13.3. The quantitative estimate of drug-likeness (QED) is 0.827. The summed E-state index contributed by atoms with van der Waals surface area (Å²) in [5.41, 5.74) is 2.44. The van der Waals surface area contributed by atoms with Crippen LogP contribution >= 0.6 is 0 Å². The zero-order valence-corrected chi connectivity index (χ0v) is 13.3. The van der Waals surface area contributed by atoms with Crippen molar-refractivity contribution in [3.63, 3.8) is 0 Å². The highest BCUT2D eigenvalue weighted by molar-refractivity contribution is 5.82. The van der Waals surface area contributed by atoms with E-state index in [-0.39, 0.29) is 12.5 Å². The first kappa shape index (κ1) is 17.0. The minimum Gasteiger partial charge on any atom is -0.364 e. The van der Waals surface area contributed by atoms with Gasteiger partial charge in [0.2, 0.25) is 5.91 Å². The molecule has 0 aliphatic rings. The Hall–Kier alpha value is -2.06. The van der Waals surface area contributed by atoms with Crippen LogP contribution in [-0.4, -0.2) is 44.5 Å². The van der Waals surface area contributed by atoms with Gasteiger partial charge in [0, 0.05) is 26.7 Å². The average molecular weight is 288 g/mol. The van der Waals surface area contributed by atoms with Crippen LogP contribution in [0.2, 0.25) is 0 Å². The van der Waals surface area contributed by atoms with Gasteiger partial charge in [0.05, 0.1) is 17.8 Å². The maximum absolute atomic E-state index is 12.1. The number of nitrogens with one attached hydrogen (secondary N) is 1. The summed E-state index contributed by atoms with van der Waals surface area (Å²) in [6, 6.07) is 7.96. The Kier molecular flexibility index (Phi) is 6.70. The summed E-state index contributed by atoms with van der Waals surface area (Å²) in [5.74, 6) is 0.0747. The molecule has 1 amide bonds. The smallest absolute Gasteiger partial charge is 0.242 e. The highest BCUT2D eigenvalue weighted by Gasteiger charge is 2.15. The molecule has 1 rings (SSSR count). The first-order valence-electron chi connectivity index (χ1n) is 7.23. The van der Waals surface area contributed by atoms with Gasteiger partial charge in [-0.3, -0.25) is 4.79 Å². The van der Waals surface area contributed by atoms with E-state index in [2.05, 4.69) is 11.4 Å². The number of carbonyl (C=O) groups excluding carboxylic acids is 1. The summed E-state index contributed by atoms with van der Waals surface area (Å²) >= 11 is 0. The summed E-state index contributed by atoms with van der Waals surface area (Å²) in [6.45, 7) is 6.34. The first-order chi connectivity index (χ1) is 10.1. The summed E-state index contributed by atoms with van der Waals surface area (Å²) in [4.78, 5) is 15.8. The molecule has 0 atom stereocenters. The predicted molar refractivity (Wildman–Crippen MR) is 85.1 cm³/mol. The molecule has 0 radical (unpaired) electrons. The van der Waals surface area contributed by atoms with E-state index in [1.165, 1.54) is 0 Å². The Morgan fingerprint density at radius 1 is 1.33 bits per heavy atom. The van der Waals surface area contributed by atoms with E-state index in [4.69, 9.17) is 0 Å². The molecule has 0 aromatic heterocycles. The lowest BCUT2D eigenvalue weighted by Crippen LogP contribution is -2.39. The Labute approximate surface area is 127 Å². The van der Waals surface area contributed by atoms with Crippen molar-refractivity contribution in [3.05, 3.63) is 29.3 Å². The molecule has 0 unspecified atom stereocenters. The van der Waals surface area contributed by atoms with Gasteiger partial charge in [0.25, 0.3) is 0 Å². The van der Waals surface area contributed by atoms with Gasteiger partial charge < -0.3 is 15.1 Å². The number of hydrogen-bond donors (Lipinski definition) is 1. The number of carbonyl (C=O) groups is 1. The highest BCUT2D eigenvalue weighted by Crippen LogP contribution is 2.20.